The van der Waals surface area contributed by atoms with Crippen LogP contribution >= 0.6 is 12.2 Å². The largest absolute Gasteiger partial charge is 0.389 e. The zero-order chi connectivity index (χ0) is 12.8. The monoisotopic (exact) mass is 255 g/mol. The minimum absolute atomic E-state index is 0.285. The average Bonchev–Trinajstić information content (AvgIpc) is 2.29. The highest BCUT2D eigenvalue weighted by molar-refractivity contribution is 7.80. The van der Waals surface area contributed by atoms with Gasteiger partial charge in [-0.05, 0) is 6.07 Å². The predicted molar refractivity (Wildman–Crippen MR) is 71.3 cm³/mol. The third-order valence-corrected chi connectivity index (χ3v) is 2.54. The molecule has 1 aromatic heterocycles. The Bertz CT molecular complexity index is 387. The van der Waals surface area contributed by atoms with Gasteiger partial charge in [-0.15, -0.1) is 0 Å². The molecule has 94 valence electrons. The first-order chi connectivity index (χ1) is 8.06. The van der Waals surface area contributed by atoms with Gasteiger partial charge in [-0.1, -0.05) is 12.2 Å². The Kier molecular flexibility index (Phi) is 5.27. The zero-order valence-corrected chi connectivity index (χ0v) is 10.8. The van der Waals surface area contributed by atoms with Crippen LogP contribution in [0.3, 0.4) is 0 Å². The molecule has 0 saturated carbocycles. The van der Waals surface area contributed by atoms with Crippen molar-refractivity contribution < 1.29 is 9.84 Å². The molecule has 1 atom stereocenters. The van der Waals surface area contributed by atoms with Crippen molar-refractivity contribution >= 4 is 22.9 Å². The van der Waals surface area contributed by atoms with Crippen LogP contribution in [0.25, 0.3) is 0 Å². The van der Waals surface area contributed by atoms with E-state index in [1.165, 1.54) is 0 Å². The van der Waals surface area contributed by atoms with E-state index >= 15 is 0 Å². The first-order valence-corrected chi connectivity index (χ1v) is 5.59. The van der Waals surface area contributed by atoms with E-state index in [2.05, 4.69) is 4.98 Å². The second-order valence-corrected chi connectivity index (χ2v) is 4.19. The third kappa shape index (κ3) is 3.92. The number of hydrogen-bond donors (Lipinski definition) is 2. The summed E-state index contributed by atoms with van der Waals surface area (Å²) in [5.74, 6) is 0. The van der Waals surface area contributed by atoms with Crippen LogP contribution in [0.5, 0.6) is 0 Å². The molecule has 0 aromatic carbocycles. The van der Waals surface area contributed by atoms with Crippen molar-refractivity contribution in [1.29, 1.82) is 0 Å². The Morgan fingerprint density at radius 2 is 2.41 bits per heavy atom. The van der Waals surface area contributed by atoms with Gasteiger partial charge in [0.1, 0.15) is 4.99 Å². The minimum atomic E-state index is -0.565. The molecule has 0 radical (unpaired) electrons. The topological polar surface area (TPSA) is 71.6 Å². The molecule has 0 aliphatic heterocycles. The van der Waals surface area contributed by atoms with Gasteiger partial charge in [0.15, 0.2) is 0 Å². The molecule has 6 heteroatoms. The van der Waals surface area contributed by atoms with Crippen molar-refractivity contribution in [3.8, 4) is 0 Å². The highest BCUT2D eigenvalue weighted by Crippen LogP contribution is 2.17. The van der Waals surface area contributed by atoms with Gasteiger partial charge in [0.05, 0.1) is 24.6 Å². The molecule has 0 spiro atoms. The number of aliphatic hydroxyl groups excluding tert-OH is 1. The van der Waals surface area contributed by atoms with Gasteiger partial charge < -0.3 is 20.5 Å². The number of aromatic nitrogens is 1. The van der Waals surface area contributed by atoms with Gasteiger partial charge in [-0.3, -0.25) is 4.98 Å². The number of nitrogens with two attached hydrogens (primary N) is 1. The maximum Gasteiger partial charge on any atom is 0.106 e. The average molecular weight is 255 g/mol. The number of pyridine rings is 1. The van der Waals surface area contributed by atoms with Crippen molar-refractivity contribution in [2.45, 2.75) is 6.10 Å². The predicted octanol–water partition coefficient (Wildman–Crippen LogP) is 0.159. The van der Waals surface area contributed by atoms with Gasteiger partial charge in [0, 0.05) is 32.5 Å². The highest BCUT2D eigenvalue weighted by atomic mass is 32.1. The van der Waals surface area contributed by atoms with Crippen molar-refractivity contribution in [3.05, 3.63) is 24.0 Å². The number of likely N-dealkylation sites (N-methyl/N-ethyl adjacent to an activating group) is 1. The molecule has 1 unspecified atom stereocenters. The van der Waals surface area contributed by atoms with Gasteiger partial charge in [0.25, 0.3) is 0 Å². The van der Waals surface area contributed by atoms with E-state index in [-0.39, 0.29) is 6.61 Å². The van der Waals surface area contributed by atoms with E-state index in [1.807, 2.05) is 11.9 Å². The Morgan fingerprint density at radius 3 is 3.00 bits per heavy atom. The number of aliphatic hydroxyl groups is 1. The SMILES string of the molecule is COCC(O)CN(C)c1cnccc1C(N)=S. The molecule has 17 heavy (non-hydrogen) atoms. The molecule has 1 rings (SSSR count). The Hall–Kier alpha value is -1.24. The van der Waals surface area contributed by atoms with Crippen LogP contribution in [0.15, 0.2) is 18.5 Å². The summed E-state index contributed by atoms with van der Waals surface area (Å²) in [6, 6.07) is 1.76. The summed E-state index contributed by atoms with van der Waals surface area (Å²) >= 11 is 4.97. The minimum Gasteiger partial charge on any atom is -0.389 e. The number of thiocarbonyl (C=S) groups is 1. The lowest BCUT2D eigenvalue weighted by atomic mass is 10.2. The fourth-order valence-electron chi connectivity index (χ4n) is 1.56. The molecular formula is C11H17N3O2S. The summed E-state index contributed by atoms with van der Waals surface area (Å²) < 4.78 is 4.88. The maximum absolute atomic E-state index is 9.66. The van der Waals surface area contributed by atoms with Gasteiger partial charge in [-0.25, -0.2) is 0 Å². The number of nitrogens with zero attached hydrogens (tertiary/aromatic N) is 2. The van der Waals surface area contributed by atoms with E-state index in [4.69, 9.17) is 22.7 Å². The van der Waals surface area contributed by atoms with Gasteiger partial charge in [0.2, 0.25) is 0 Å². The van der Waals surface area contributed by atoms with Crippen LogP contribution in [-0.2, 0) is 4.74 Å². The fraction of sp³-hybridized carbons (Fsp3) is 0.455. The molecule has 0 bridgehead atoms. The van der Waals surface area contributed by atoms with Crippen LogP contribution in [0.2, 0.25) is 0 Å². The summed E-state index contributed by atoms with van der Waals surface area (Å²) in [5.41, 5.74) is 7.18. The second-order valence-electron chi connectivity index (χ2n) is 3.75. The smallest absolute Gasteiger partial charge is 0.106 e. The van der Waals surface area contributed by atoms with E-state index in [0.717, 1.165) is 11.3 Å². The van der Waals surface area contributed by atoms with Crippen LogP contribution < -0.4 is 10.6 Å². The first-order valence-electron chi connectivity index (χ1n) is 5.18. The summed E-state index contributed by atoms with van der Waals surface area (Å²) in [7, 11) is 3.39. The lowest BCUT2D eigenvalue weighted by Gasteiger charge is -2.24. The summed E-state index contributed by atoms with van der Waals surface area (Å²) in [6.07, 6.45) is 2.75. The second kappa shape index (κ2) is 6.48. The van der Waals surface area contributed by atoms with E-state index in [1.54, 1.807) is 25.6 Å². The van der Waals surface area contributed by atoms with Crippen molar-refractivity contribution in [3.63, 3.8) is 0 Å². The Labute approximate surface area is 106 Å². The molecule has 1 heterocycles. The number of methoxy groups -OCH3 is 1. The molecule has 3 N–H and O–H groups in total. The number of ether oxygens (including phenoxy) is 1. The first kappa shape index (κ1) is 13.8. The quantitative estimate of drug-likeness (QED) is 0.706. The lowest BCUT2D eigenvalue weighted by Crippen LogP contribution is -2.33. The number of hydrogen-bond acceptors (Lipinski definition) is 5. The van der Waals surface area contributed by atoms with Gasteiger partial charge in [-0.2, -0.15) is 0 Å². The highest BCUT2D eigenvalue weighted by Gasteiger charge is 2.13. The molecule has 0 aliphatic carbocycles. The van der Waals surface area contributed by atoms with Crippen LogP contribution in [-0.4, -0.2) is 48.5 Å². The Morgan fingerprint density at radius 1 is 1.71 bits per heavy atom. The molecule has 0 amide bonds. The van der Waals surface area contributed by atoms with Crippen molar-refractivity contribution in [2.75, 3.05) is 32.2 Å². The normalized spacial score (nSPS) is 12.2. The number of anilines is 1. The van der Waals surface area contributed by atoms with Crippen LogP contribution in [0, 0.1) is 0 Å². The van der Waals surface area contributed by atoms with Crippen LogP contribution in [0.1, 0.15) is 5.56 Å². The molecule has 5 nitrogen and oxygen atoms in total. The molecule has 0 fully saturated rings. The summed E-state index contributed by atoms with van der Waals surface area (Å²) in [5, 5.41) is 9.66. The van der Waals surface area contributed by atoms with Gasteiger partial charge >= 0.3 is 0 Å². The standard InChI is InChI=1S/C11H17N3O2S/c1-14(6-8(15)7-16-2)10-5-13-4-3-9(10)11(12)17/h3-5,8,15H,6-7H2,1-2H3,(H2,12,17). The lowest BCUT2D eigenvalue weighted by molar-refractivity contribution is 0.0695. The summed E-state index contributed by atoms with van der Waals surface area (Å²) in [6.45, 7) is 0.710. The third-order valence-electron chi connectivity index (χ3n) is 2.32. The Balaban J connectivity index is 2.81. The van der Waals surface area contributed by atoms with Crippen molar-refractivity contribution in [2.24, 2.45) is 5.73 Å². The van der Waals surface area contributed by atoms with E-state index < -0.39 is 6.10 Å². The zero-order valence-electron chi connectivity index (χ0n) is 9.96. The molecule has 0 aliphatic rings. The molecule has 0 saturated heterocycles. The van der Waals surface area contributed by atoms with Crippen LogP contribution in [0.4, 0.5) is 5.69 Å². The van der Waals surface area contributed by atoms with Crippen molar-refractivity contribution in [1.82, 2.24) is 4.98 Å². The summed E-state index contributed by atoms with van der Waals surface area (Å²) in [4.78, 5) is 6.20. The molecular weight excluding hydrogens is 238 g/mol. The fourth-order valence-corrected chi connectivity index (χ4v) is 1.73. The maximum atomic E-state index is 9.66. The number of rotatable bonds is 6. The van der Waals surface area contributed by atoms with E-state index in [9.17, 15) is 5.11 Å². The van der Waals surface area contributed by atoms with E-state index in [0.29, 0.717) is 11.5 Å². The molecule has 1 aromatic rings.